The second kappa shape index (κ2) is 11.0. The molecule has 1 aromatic heterocycles. The molecule has 4 nitrogen and oxygen atoms in total. The number of carbonyl (C=O) groups is 1. The third kappa shape index (κ3) is 7.21. The van der Waals surface area contributed by atoms with E-state index in [1.54, 1.807) is 30.3 Å². The third-order valence-electron chi connectivity index (χ3n) is 5.19. The van der Waals surface area contributed by atoms with Crippen LogP contribution in [0.2, 0.25) is 0 Å². The number of fused-ring (bicyclic) bond motifs is 1. The van der Waals surface area contributed by atoms with Gasteiger partial charge in [-0.1, -0.05) is 31.0 Å². The molecule has 0 fully saturated rings. The van der Waals surface area contributed by atoms with Gasteiger partial charge in [0.2, 0.25) is 0 Å². The van der Waals surface area contributed by atoms with Crippen LogP contribution in [0.25, 0.3) is 10.9 Å². The number of benzene rings is 2. The van der Waals surface area contributed by atoms with Gasteiger partial charge in [0.15, 0.2) is 0 Å². The van der Waals surface area contributed by atoms with Crippen molar-refractivity contribution in [1.82, 2.24) is 9.88 Å². The molecule has 0 atom stereocenters. The molecule has 3 aromatic rings. The van der Waals surface area contributed by atoms with Crippen LogP contribution in [0.3, 0.4) is 0 Å². The van der Waals surface area contributed by atoms with Crippen molar-refractivity contribution in [1.29, 1.82) is 0 Å². The van der Waals surface area contributed by atoms with E-state index in [4.69, 9.17) is 0 Å². The van der Waals surface area contributed by atoms with Crippen molar-refractivity contribution >= 4 is 16.9 Å². The zero-order valence-electron chi connectivity index (χ0n) is 19.2. The summed E-state index contributed by atoms with van der Waals surface area (Å²) in [7, 11) is 0. The molecule has 2 aromatic carbocycles. The number of carboxylic acids is 1. The minimum Gasteiger partial charge on any atom is -0.480 e. The number of hydrogen-bond donors (Lipinski definition) is 1. The van der Waals surface area contributed by atoms with E-state index < -0.39 is 42.5 Å². The first-order chi connectivity index (χ1) is 16.9. The maximum atomic E-state index is 13.3. The number of rotatable bonds is 7. The van der Waals surface area contributed by atoms with E-state index in [0.29, 0.717) is 35.3 Å². The SMILES string of the molecule is CCCC#Cc1nc2ccccc2cc1CN(CC(=O)O)Cc1cc(C(F)(F)F)cc(C(F)(F)F)c1. The number of nitrogens with zero attached hydrogens (tertiary/aromatic N) is 2. The molecule has 0 aliphatic heterocycles. The summed E-state index contributed by atoms with van der Waals surface area (Å²) in [6.45, 7) is 0.764. The first-order valence-corrected chi connectivity index (χ1v) is 11.0. The van der Waals surface area contributed by atoms with Gasteiger partial charge in [0, 0.05) is 30.5 Å². The lowest BCUT2D eigenvalue weighted by molar-refractivity contribution is -0.143. The fourth-order valence-electron chi connectivity index (χ4n) is 3.63. The molecule has 3 rings (SSSR count). The number of unbranched alkanes of at least 4 members (excludes halogenated alkanes) is 1. The minimum absolute atomic E-state index is 0.0414. The van der Waals surface area contributed by atoms with Crippen LogP contribution in [0.4, 0.5) is 26.3 Å². The average molecular weight is 508 g/mol. The first kappa shape index (κ1) is 27.0. The molecule has 36 heavy (non-hydrogen) atoms. The van der Waals surface area contributed by atoms with Crippen molar-refractivity contribution in [2.75, 3.05) is 6.54 Å². The Hall–Kier alpha value is -3.58. The quantitative estimate of drug-likeness (QED) is 0.292. The monoisotopic (exact) mass is 508 g/mol. The lowest BCUT2D eigenvalue weighted by atomic mass is 10.0. The van der Waals surface area contributed by atoms with Crippen LogP contribution in [0, 0.1) is 11.8 Å². The lowest BCUT2D eigenvalue weighted by Gasteiger charge is -2.23. The molecule has 190 valence electrons. The van der Waals surface area contributed by atoms with Gasteiger partial charge >= 0.3 is 18.3 Å². The highest BCUT2D eigenvalue weighted by Crippen LogP contribution is 2.36. The molecule has 0 unspecified atom stereocenters. The van der Waals surface area contributed by atoms with Gasteiger partial charge < -0.3 is 5.11 Å². The van der Waals surface area contributed by atoms with E-state index in [1.807, 2.05) is 6.92 Å². The van der Waals surface area contributed by atoms with Gasteiger partial charge in [-0.15, -0.1) is 0 Å². The Morgan fingerprint density at radius 3 is 2.19 bits per heavy atom. The van der Waals surface area contributed by atoms with Crippen molar-refractivity contribution < 1.29 is 36.2 Å². The molecule has 1 N–H and O–H groups in total. The number of halogens is 6. The van der Waals surface area contributed by atoms with E-state index in [1.165, 1.54) is 4.90 Å². The highest BCUT2D eigenvalue weighted by molar-refractivity contribution is 5.80. The molecule has 0 radical (unpaired) electrons. The summed E-state index contributed by atoms with van der Waals surface area (Å²) >= 11 is 0. The first-order valence-electron chi connectivity index (χ1n) is 11.0. The fraction of sp³-hybridized carbons (Fsp3) is 0.308. The highest BCUT2D eigenvalue weighted by atomic mass is 19.4. The largest absolute Gasteiger partial charge is 0.480 e. The number of carboxylic acid groups (broad SMARTS) is 1. The minimum atomic E-state index is -5.00. The van der Waals surface area contributed by atoms with Crippen molar-refractivity contribution in [2.24, 2.45) is 0 Å². The Morgan fingerprint density at radius 1 is 0.972 bits per heavy atom. The molecular formula is C26H22F6N2O2. The predicted molar refractivity (Wildman–Crippen MR) is 122 cm³/mol. The summed E-state index contributed by atoms with van der Waals surface area (Å²) in [5.74, 6) is 4.64. The summed E-state index contributed by atoms with van der Waals surface area (Å²) < 4.78 is 79.7. The van der Waals surface area contributed by atoms with Crippen LogP contribution in [0.15, 0.2) is 48.5 Å². The standard InChI is InChI=1S/C26H22F6N2O2/c1-2-3-4-8-23-19(12-18-7-5-6-9-22(18)33-23)15-34(16-24(35)36)14-17-10-20(25(27,28)29)13-21(11-17)26(30,31)32/h5-7,9-13H,2-3,14-16H2,1H3,(H,35,36). The molecule has 0 spiro atoms. The predicted octanol–water partition coefficient (Wildman–Crippen LogP) is 6.51. The molecular weight excluding hydrogens is 486 g/mol. The Balaban J connectivity index is 2.04. The fourth-order valence-corrected chi connectivity index (χ4v) is 3.63. The second-order valence-corrected chi connectivity index (χ2v) is 8.19. The lowest BCUT2D eigenvalue weighted by Crippen LogP contribution is -2.29. The highest BCUT2D eigenvalue weighted by Gasteiger charge is 2.37. The van der Waals surface area contributed by atoms with Gasteiger partial charge in [0.1, 0.15) is 5.69 Å². The normalized spacial score (nSPS) is 12.0. The Morgan fingerprint density at radius 2 is 1.61 bits per heavy atom. The van der Waals surface area contributed by atoms with Crippen molar-refractivity contribution in [2.45, 2.75) is 45.2 Å². The van der Waals surface area contributed by atoms with Gasteiger partial charge in [0.05, 0.1) is 23.2 Å². The van der Waals surface area contributed by atoms with Crippen molar-refractivity contribution in [3.05, 3.63) is 76.5 Å². The van der Waals surface area contributed by atoms with Crippen LogP contribution >= 0.6 is 0 Å². The average Bonchev–Trinajstić information content (AvgIpc) is 2.77. The molecule has 1 heterocycles. The van der Waals surface area contributed by atoms with Gasteiger partial charge in [-0.2, -0.15) is 26.3 Å². The number of aliphatic carboxylic acids is 1. The zero-order valence-corrected chi connectivity index (χ0v) is 19.2. The van der Waals surface area contributed by atoms with Gasteiger partial charge in [-0.3, -0.25) is 9.69 Å². The molecule has 0 bridgehead atoms. The van der Waals surface area contributed by atoms with E-state index in [-0.39, 0.29) is 18.2 Å². The number of alkyl halides is 6. The van der Waals surface area contributed by atoms with Gasteiger partial charge in [-0.05, 0) is 48.2 Å². The van der Waals surface area contributed by atoms with E-state index in [0.717, 1.165) is 11.8 Å². The maximum Gasteiger partial charge on any atom is 0.416 e. The molecule has 10 heteroatoms. The Bertz CT molecular complexity index is 1270. The van der Waals surface area contributed by atoms with Crippen molar-refractivity contribution in [3.63, 3.8) is 0 Å². The van der Waals surface area contributed by atoms with E-state index in [2.05, 4.69) is 16.8 Å². The van der Waals surface area contributed by atoms with Crippen LogP contribution in [0.5, 0.6) is 0 Å². The summed E-state index contributed by atoms with van der Waals surface area (Å²) in [6, 6.07) is 10.1. The molecule has 0 saturated heterocycles. The molecule has 0 aliphatic carbocycles. The zero-order chi connectivity index (χ0) is 26.5. The second-order valence-electron chi connectivity index (χ2n) is 8.19. The third-order valence-corrected chi connectivity index (χ3v) is 5.19. The number of para-hydroxylation sites is 1. The summed E-state index contributed by atoms with van der Waals surface area (Å²) in [4.78, 5) is 17.3. The molecule has 0 amide bonds. The Kier molecular flexibility index (Phi) is 8.25. The van der Waals surface area contributed by atoms with Crippen LogP contribution in [-0.4, -0.2) is 27.5 Å². The molecule has 0 aliphatic rings. The summed E-state index contributed by atoms with van der Waals surface area (Å²) in [6.07, 6.45) is -8.61. The van der Waals surface area contributed by atoms with E-state index >= 15 is 0 Å². The van der Waals surface area contributed by atoms with Crippen LogP contribution < -0.4 is 0 Å². The number of hydrogen-bond acceptors (Lipinski definition) is 3. The van der Waals surface area contributed by atoms with Gasteiger partial charge in [0.25, 0.3) is 0 Å². The Labute approximate surface area is 203 Å². The number of aromatic nitrogens is 1. The van der Waals surface area contributed by atoms with Crippen LogP contribution in [-0.2, 0) is 30.2 Å². The smallest absolute Gasteiger partial charge is 0.416 e. The van der Waals surface area contributed by atoms with Crippen molar-refractivity contribution in [3.8, 4) is 11.8 Å². The summed E-state index contributed by atoms with van der Waals surface area (Å²) in [5.41, 5.74) is -1.69. The summed E-state index contributed by atoms with van der Waals surface area (Å²) in [5, 5.41) is 10.1. The topological polar surface area (TPSA) is 53.4 Å². The van der Waals surface area contributed by atoms with Gasteiger partial charge in [-0.25, -0.2) is 4.98 Å². The van der Waals surface area contributed by atoms with E-state index in [9.17, 15) is 36.2 Å². The molecule has 0 saturated carbocycles. The maximum absolute atomic E-state index is 13.3. The van der Waals surface area contributed by atoms with Crippen LogP contribution in [0.1, 0.15) is 47.7 Å². The number of pyridine rings is 1.